The Bertz CT molecular complexity index is 511. The lowest BCUT2D eigenvalue weighted by molar-refractivity contribution is 0.458. The largest absolute Gasteiger partial charge is 0.319 e. The number of hydrogen-bond donors (Lipinski definition) is 1. The molecule has 0 saturated carbocycles. The van der Waals surface area contributed by atoms with Crippen molar-refractivity contribution in [2.24, 2.45) is 5.92 Å². The highest BCUT2D eigenvalue weighted by Gasteiger charge is 2.18. The highest BCUT2D eigenvalue weighted by atomic mass is 14.9. The van der Waals surface area contributed by atoms with E-state index in [9.17, 15) is 0 Å². The van der Waals surface area contributed by atoms with Gasteiger partial charge in [0.25, 0.3) is 0 Å². The van der Waals surface area contributed by atoms with Crippen LogP contribution in [0.15, 0.2) is 36.8 Å². The number of rotatable bonds is 5. The molecule has 0 aliphatic carbocycles. The van der Waals surface area contributed by atoms with E-state index >= 15 is 0 Å². The summed E-state index contributed by atoms with van der Waals surface area (Å²) in [5, 5.41) is 3.21. The predicted molar refractivity (Wildman–Crippen MR) is 76.8 cm³/mol. The van der Waals surface area contributed by atoms with Gasteiger partial charge in [-0.3, -0.25) is 4.98 Å². The van der Waals surface area contributed by atoms with Gasteiger partial charge in [0.15, 0.2) is 0 Å². The van der Waals surface area contributed by atoms with Crippen molar-refractivity contribution in [1.82, 2.24) is 20.3 Å². The van der Waals surface area contributed by atoms with E-state index in [1.165, 1.54) is 0 Å². The summed E-state index contributed by atoms with van der Waals surface area (Å²) in [6.45, 7) is 5.28. The zero-order valence-electron chi connectivity index (χ0n) is 11.7. The maximum absolute atomic E-state index is 4.69. The molecule has 0 fully saturated rings. The SMILES string of the molecule is CNCC(c1nccc(-c2cccnc2)n1)C(C)C. The zero-order valence-corrected chi connectivity index (χ0v) is 11.7. The van der Waals surface area contributed by atoms with Crippen LogP contribution in [-0.2, 0) is 0 Å². The smallest absolute Gasteiger partial charge is 0.133 e. The van der Waals surface area contributed by atoms with Crippen LogP contribution in [0, 0.1) is 5.92 Å². The van der Waals surface area contributed by atoms with Gasteiger partial charge in [-0.2, -0.15) is 0 Å². The van der Waals surface area contributed by atoms with E-state index in [2.05, 4.69) is 29.1 Å². The molecule has 2 aromatic heterocycles. The normalized spacial score (nSPS) is 12.6. The lowest BCUT2D eigenvalue weighted by Crippen LogP contribution is -2.23. The van der Waals surface area contributed by atoms with Crippen molar-refractivity contribution in [2.45, 2.75) is 19.8 Å². The number of nitrogens with one attached hydrogen (secondary N) is 1. The molecule has 1 N–H and O–H groups in total. The first kappa shape index (κ1) is 13.6. The van der Waals surface area contributed by atoms with Crippen molar-refractivity contribution < 1.29 is 0 Å². The van der Waals surface area contributed by atoms with Crippen molar-refractivity contribution in [2.75, 3.05) is 13.6 Å². The van der Waals surface area contributed by atoms with Crippen molar-refractivity contribution in [1.29, 1.82) is 0 Å². The van der Waals surface area contributed by atoms with Crippen LogP contribution in [0.25, 0.3) is 11.3 Å². The summed E-state index contributed by atoms with van der Waals surface area (Å²) < 4.78 is 0. The number of hydrogen-bond acceptors (Lipinski definition) is 4. The van der Waals surface area contributed by atoms with Gasteiger partial charge in [0.05, 0.1) is 5.69 Å². The Kier molecular flexibility index (Phi) is 4.58. The molecule has 19 heavy (non-hydrogen) atoms. The molecule has 0 radical (unpaired) electrons. The molecule has 4 nitrogen and oxygen atoms in total. The second-order valence-electron chi connectivity index (χ2n) is 4.95. The fourth-order valence-corrected chi connectivity index (χ4v) is 2.07. The van der Waals surface area contributed by atoms with Crippen LogP contribution in [0.1, 0.15) is 25.6 Å². The number of aromatic nitrogens is 3. The lowest BCUT2D eigenvalue weighted by atomic mass is 9.94. The zero-order chi connectivity index (χ0) is 13.7. The average Bonchev–Trinajstić information content (AvgIpc) is 2.45. The van der Waals surface area contributed by atoms with Crippen LogP contribution in [-0.4, -0.2) is 28.5 Å². The molecule has 0 amide bonds. The number of pyridine rings is 1. The third-order valence-electron chi connectivity index (χ3n) is 3.19. The molecule has 2 aromatic rings. The first-order valence-corrected chi connectivity index (χ1v) is 6.60. The minimum atomic E-state index is 0.321. The molecule has 2 heterocycles. The van der Waals surface area contributed by atoms with E-state index < -0.39 is 0 Å². The molecule has 2 rings (SSSR count). The molecule has 1 atom stereocenters. The minimum absolute atomic E-state index is 0.321. The monoisotopic (exact) mass is 256 g/mol. The summed E-state index contributed by atoms with van der Waals surface area (Å²) in [6.07, 6.45) is 5.42. The van der Waals surface area contributed by atoms with Gasteiger partial charge in [-0.25, -0.2) is 9.97 Å². The van der Waals surface area contributed by atoms with Gasteiger partial charge < -0.3 is 5.32 Å². The van der Waals surface area contributed by atoms with Gasteiger partial charge >= 0.3 is 0 Å². The molecule has 0 saturated heterocycles. The lowest BCUT2D eigenvalue weighted by Gasteiger charge is -2.19. The summed E-state index contributed by atoms with van der Waals surface area (Å²) >= 11 is 0. The fraction of sp³-hybridized carbons (Fsp3) is 0.400. The first-order valence-electron chi connectivity index (χ1n) is 6.60. The Labute approximate surface area is 114 Å². The topological polar surface area (TPSA) is 50.7 Å². The average molecular weight is 256 g/mol. The van der Waals surface area contributed by atoms with Crippen LogP contribution >= 0.6 is 0 Å². The van der Waals surface area contributed by atoms with E-state index in [1.54, 1.807) is 6.20 Å². The Morgan fingerprint density at radius 3 is 2.68 bits per heavy atom. The molecule has 1 unspecified atom stereocenters. The predicted octanol–water partition coefficient (Wildman–Crippen LogP) is 2.50. The minimum Gasteiger partial charge on any atom is -0.319 e. The van der Waals surface area contributed by atoms with E-state index in [1.807, 2.05) is 37.6 Å². The Balaban J connectivity index is 2.33. The molecular weight excluding hydrogens is 236 g/mol. The number of nitrogens with zero attached hydrogens (tertiary/aromatic N) is 3. The Hall–Kier alpha value is -1.81. The van der Waals surface area contributed by atoms with Gasteiger partial charge in [0, 0.05) is 36.6 Å². The van der Waals surface area contributed by atoms with Crippen LogP contribution in [0.4, 0.5) is 0 Å². The van der Waals surface area contributed by atoms with Crippen LogP contribution in [0.2, 0.25) is 0 Å². The van der Waals surface area contributed by atoms with Crippen molar-refractivity contribution in [3.05, 3.63) is 42.6 Å². The number of likely N-dealkylation sites (N-methyl/N-ethyl adjacent to an activating group) is 1. The summed E-state index contributed by atoms with van der Waals surface area (Å²) in [4.78, 5) is 13.3. The second-order valence-corrected chi connectivity index (χ2v) is 4.95. The quantitative estimate of drug-likeness (QED) is 0.893. The van der Waals surface area contributed by atoms with Crippen molar-refractivity contribution in [3.63, 3.8) is 0 Å². The van der Waals surface area contributed by atoms with Gasteiger partial charge in [0.2, 0.25) is 0 Å². The third kappa shape index (κ3) is 3.35. The third-order valence-corrected chi connectivity index (χ3v) is 3.19. The van der Waals surface area contributed by atoms with E-state index in [0.717, 1.165) is 23.6 Å². The summed E-state index contributed by atoms with van der Waals surface area (Å²) in [5.74, 6) is 1.71. The summed E-state index contributed by atoms with van der Waals surface area (Å²) in [7, 11) is 1.96. The Morgan fingerprint density at radius 2 is 2.05 bits per heavy atom. The molecule has 0 spiro atoms. The van der Waals surface area contributed by atoms with Gasteiger partial charge in [-0.05, 0) is 31.2 Å². The summed E-state index contributed by atoms with van der Waals surface area (Å²) in [6, 6.07) is 5.86. The highest BCUT2D eigenvalue weighted by Crippen LogP contribution is 2.23. The first-order chi connectivity index (χ1) is 9.22. The maximum atomic E-state index is 4.69. The van der Waals surface area contributed by atoms with E-state index in [4.69, 9.17) is 4.98 Å². The van der Waals surface area contributed by atoms with Gasteiger partial charge in [-0.1, -0.05) is 13.8 Å². The second kappa shape index (κ2) is 6.38. The van der Waals surface area contributed by atoms with Gasteiger partial charge in [0.1, 0.15) is 5.82 Å². The molecule has 0 aliphatic heterocycles. The molecule has 0 aliphatic rings. The summed E-state index contributed by atoms with van der Waals surface area (Å²) in [5.41, 5.74) is 1.96. The van der Waals surface area contributed by atoms with E-state index in [-0.39, 0.29) is 0 Å². The van der Waals surface area contributed by atoms with Crippen molar-refractivity contribution >= 4 is 0 Å². The molecule has 4 heteroatoms. The standard InChI is InChI=1S/C15H20N4/c1-11(2)13(10-16-3)15-18-8-6-14(19-15)12-5-4-7-17-9-12/h4-9,11,13,16H,10H2,1-3H3. The Morgan fingerprint density at radius 1 is 1.21 bits per heavy atom. The molecular formula is C15H20N4. The molecule has 0 bridgehead atoms. The maximum Gasteiger partial charge on any atom is 0.133 e. The van der Waals surface area contributed by atoms with Gasteiger partial charge in [-0.15, -0.1) is 0 Å². The van der Waals surface area contributed by atoms with Crippen molar-refractivity contribution in [3.8, 4) is 11.3 Å². The molecule has 0 aromatic carbocycles. The van der Waals surface area contributed by atoms with E-state index in [0.29, 0.717) is 11.8 Å². The highest BCUT2D eigenvalue weighted by molar-refractivity contribution is 5.56. The molecule has 100 valence electrons. The fourth-order valence-electron chi connectivity index (χ4n) is 2.07. The van der Waals surface area contributed by atoms with Crippen LogP contribution in [0.5, 0.6) is 0 Å². The van der Waals surface area contributed by atoms with Crippen LogP contribution in [0.3, 0.4) is 0 Å². The van der Waals surface area contributed by atoms with Crippen LogP contribution < -0.4 is 5.32 Å².